The number of amides is 1. The maximum atomic E-state index is 12.3. The van der Waals surface area contributed by atoms with E-state index in [0.29, 0.717) is 5.02 Å². The first-order valence-electron chi connectivity index (χ1n) is 5.01. The fourth-order valence-electron chi connectivity index (χ4n) is 1.67. The van der Waals surface area contributed by atoms with Crippen LogP contribution in [-0.2, 0) is 0 Å². The number of hydrogen-bond acceptors (Lipinski definition) is 1. The number of benzene rings is 1. The van der Waals surface area contributed by atoms with Gasteiger partial charge in [-0.3, -0.25) is 4.79 Å². The molecule has 1 amide bonds. The minimum absolute atomic E-state index is 0.0688. The van der Waals surface area contributed by atoms with Crippen LogP contribution in [0, 0.1) is 5.92 Å². The summed E-state index contributed by atoms with van der Waals surface area (Å²) in [5, 5.41) is 0.670. The Morgan fingerprint density at radius 3 is 2.59 bits per heavy atom. The summed E-state index contributed by atoms with van der Waals surface area (Å²) in [7, 11) is 0. The largest absolute Gasteiger partial charge is 0.337 e. The van der Waals surface area contributed by atoms with Crippen molar-refractivity contribution < 1.29 is 13.6 Å². The summed E-state index contributed by atoms with van der Waals surface area (Å²) in [6.45, 7) is 0.138. The van der Waals surface area contributed by atoms with Gasteiger partial charge < -0.3 is 4.90 Å². The number of carbonyl (C=O) groups excluding carboxylic acids is 1. The van der Waals surface area contributed by atoms with Crippen molar-refractivity contribution >= 4 is 29.1 Å². The molecule has 1 fully saturated rings. The lowest BCUT2D eigenvalue weighted by Crippen LogP contribution is -2.52. The Labute approximate surface area is 107 Å². The van der Waals surface area contributed by atoms with E-state index in [1.54, 1.807) is 6.07 Å². The third kappa shape index (κ3) is 2.53. The molecule has 0 spiro atoms. The first-order valence-corrected chi connectivity index (χ1v) is 5.77. The highest BCUT2D eigenvalue weighted by molar-refractivity contribution is 6.35. The molecule has 1 aromatic rings. The molecule has 1 aromatic carbocycles. The molecule has 0 saturated carbocycles. The van der Waals surface area contributed by atoms with Crippen molar-refractivity contribution in [1.82, 2.24) is 4.90 Å². The summed E-state index contributed by atoms with van der Waals surface area (Å²) in [5.41, 5.74) is 0.256. The Morgan fingerprint density at radius 1 is 1.35 bits per heavy atom. The molecule has 0 aliphatic carbocycles. The van der Waals surface area contributed by atoms with Gasteiger partial charge in [0.15, 0.2) is 0 Å². The molecule has 1 saturated heterocycles. The van der Waals surface area contributed by atoms with Gasteiger partial charge in [-0.05, 0) is 18.2 Å². The highest BCUT2D eigenvalue weighted by Crippen LogP contribution is 2.27. The predicted octanol–water partition coefficient (Wildman–Crippen LogP) is 3.33. The van der Waals surface area contributed by atoms with Crippen molar-refractivity contribution in [3.05, 3.63) is 33.8 Å². The van der Waals surface area contributed by atoms with Gasteiger partial charge in [-0.15, -0.1) is 0 Å². The molecule has 1 aliphatic heterocycles. The van der Waals surface area contributed by atoms with Crippen molar-refractivity contribution in [2.75, 3.05) is 13.1 Å². The zero-order valence-corrected chi connectivity index (χ0v) is 10.2. The fraction of sp³-hybridized carbons (Fsp3) is 0.364. The van der Waals surface area contributed by atoms with Gasteiger partial charge in [0.1, 0.15) is 0 Å². The number of alkyl halides is 2. The van der Waals surface area contributed by atoms with Crippen molar-refractivity contribution in [2.45, 2.75) is 6.43 Å². The summed E-state index contributed by atoms with van der Waals surface area (Å²) < 4.78 is 24.6. The van der Waals surface area contributed by atoms with Gasteiger partial charge in [0.05, 0.1) is 16.5 Å². The van der Waals surface area contributed by atoms with Crippen LogP contribution in [0.2, 0.25) is 10.0 Å². The van der Waals surface area contributed by atoms with E-state index in [0.717, 1.165) is 0 Å². The number of likely N-dealkylation sites (tertiary alicyclic amines) is 1. The van der Waals surface area contributed by atoms with E-state index < -0.39 is 12.3 Å². The van der Waals surface area contributed by atoms with Crippen LogP contribution < -0.4 is 0 Å². The molecule has 2 rings (SSSR count). The van der Waals surface area contributed by atoms with Crippen molar-refractivity contribution in [3.63, 3.8) is 0 Å². The van der Waals surface area contributed by atoms with Gasteiger partial charge in [-0.1, -0.05) is 23.2 Å². The van der Waals surface area contributed by atoms with Crippen LogP contribution in [0.4, 0.5) is 8.78 Å². The number of halogens is 4. The fourth-order valence-corrected chi connectivity index (χ4v) is 2.04. The summed E-state index contributed by atoms with van der Waals surface area (Å²) >= 11 is 11.6. The van der Waals surface area contributed by atoms with Gasteiger partial charge in [-0.25, -0.2) is 8.78 Å². The molecule has 1 aliphatic rings. The van der Waals surface area contributed by atoms with Crippen LogP contribution in [0.15, 0.2) is 18.2 Å². The molecule has 0 N–H and O–H groups in total. The van der Waals surface area contributed by atoms with Gasteiger partial charge >= 0.3 is 0 Å². The Kier molecular flexibility index (Phi) is 3.54. The maximum Gasteiger partial charge on any atom is 0.255 e. The molecule has 0 bridgehead atoms. The molecule has 17 heavy (non-hydrogen) atoms. The molecular weight excluding hydrogens is 271 g/mol. The number of nitrogens with zero attached hydrogens (tertiary/aromatic N) is 1. The van der Waals surface area contributed by atoms with E-state index in [1.807, 2.05) is 0 Å². The van der Waals surface area contributed by atoms with E-state index in [-0.39, 0.29) is 29.6 Å². The molecule has 6 heteroatoms. The minimum Gasteiger partial charge on any atom is -0.337 e. The third-order valence-electron chi connectivity index (χ3n) is 2.71. The van der Waals surface area contributed by atoms with E-state index >= 15 is 0 Å². The lowest BCUT2D eigenvalue weighted by Gasteiger charge is -2.38. The Bertz CT molecular complexity index is 447. The number of hydrogen-bond donors (Lipinski definition) is 0. The molecule has 92 valence electrons. The van der Waals surface area contributed by atoms with Crippen LogP contribution in [0.3, 0.4) is 0 Å². The van der Waals surface area contributed by atoms with Crippen LogP contribution in [0.1, 0.15) is 10.4 Å². The lowest BCUT2D eigenvalue weighted by molar-refractivity contribution is -0.0152. The summed E-state index contributed by atoms with van der Waals surface area (Å²) in [6, 6.07) is 4.53. The Balaban J connectivity index is 2.09. The highest BCUT2D eigenvalue weighted by Gasteiger charge is 2.37. The van der Waals surface area contributed by atoms with E-state index in [4.69, 9.17) is 23.2 Å². The zero-order chi connectivity index (χ0) is 12.6. The second-order valence-corrected chi connectivity index (χ2v) is 4.77. The molecule has 0 unspecified atom stereocenters. The average Bonchev–Trinajstić information content (AvgIpc) is 2.18. The van der Waals surface area contributed by atoms with Crippen LogP contribution in [-0.4, -0.2) is 30.3 Å². The van der Waals surface area contributed by atoms with Gasteiger partial charge in [0.25, 0.3) is 5.91 Å². The van der Waals surface area contributed by atoms with Gasteiger partial charge in [-0.2, -0.15) is 0 Å². The molecule has 0 aromatic heterocycles. The monoisotopic (exact) mass is 279 g/mol. The molecule has 1 heterocycles. The minimum atomic E-state index is -2.38. The Hall–Kier alpha value is -0.870. The Morgan fingerprint density at radius 2 is 2.00 bits per heavy atom. The smallest absolute Gasteiger partial charge is 0.255 e. The number of rotatable bonds is 2. The summed E-state index contributed by atoms with van der Waals surface area (Å²) in [5.74, 6) is -1.08. The van der Waals surface area contributed by atoms with Crippen LogP contribution >= 0.6 is 23.2 Å². The van der Waals surface area contributed by atoms with E-state index in [2.05, 4.69) is 0 Å². The van der Waals surface area contributed by atoms with Crippen molar-refractivity contribution in [2.24, 2.45) is 5.92 Å². The normalized spacial score (nSPS) is 16.2. The standard InChI is InChI=1S/C11H9Cl2F2NO/c12-7-1-2-9(13)8(3-7)11(17)16-4-6(5-16)10(14)15/h1-3,6,10H,4-5H2. The highest BCUT2D eigenvalue weighted by atomic mass is 35.5. The predicted molar refractivity (Wildman–Crippen MR) is 61.9 cm³/mol. The summed E-state index contributed by atoms with van der Waals surface area (Å²) in [4.78, 5) is 13.2. The lowest BCUT2D eigenvalue weighted by atomic mass is 9.99. The van der Waals surface area contributed by atoms with E-state index in [9.17, 15) is 13.6 Å². The first-order chi connectivity index (χ1) is 7.99. The topological polar surface area (TPSA) is 20.3 Å². The number of carbonyl (C=O) groups is 1. The molecule has 0 atom stereocenters. The maximum absolute atomic E-state index is 12.3. The van der Waals surface area contributed by atoms with Crippen molar-refractivity contribution in [1.29, 1.82) is 0 Å². The van der Waals surface area contributed by atoms with Crippen molar-refractivity contribution in [3.8, 4) is 0 Å². The SMILES string of the molecule is O=C(c1cc(Cl)ccc1Cl)N1CC(C(F)F)C1. The zero-order valence-electron chi connectivity index (χ0n) is 8.67. The van der Waals surface area contributed by atoms with Gasteiger partial charge in [0.2, 0.25) is 6.43 Å². The summed E-state index contributed by atoms with van der Waals surface area (Å²) in [6.07, 6.45) is -2.38. The molecule has 2 nitrogen and oxygen atoms in total. The molecular formula is C11H9Cl2F2NO. The third-order valence-corrected chi connectivity index (χ3v) is 3.28. The van der Waals surface area contributed by atoms with Crippen LogP contribution in [0.25, 0.3) is 0 Å². The second-order valence-electron chi connectivity index (χ2n) is 3.93. The van der Waals surface area contributed by atoms with Crippen LogP contribution in [0.5, 0.6) is 0 Å². The van der Waals surface area contributed by atoms with E-state index in [1.165, 1.54) is 17.0 Å². The molecule has 0 radical (unpaired) electrons. The first kappa shape index (κ1) is 12.6. The quantitative estimate of drug-likeness (QED) is 0.813. The van der Waals surface area contributed by atoms with Gasteiger partial charge in [0, 0.05) is 18.1 Å². The average molecular weight is 280 g/mol. The second kappa shape index (κ2) is 4.78.